The Balaban J connectivity index is 2.96. The van der Waals surface area contributed by atoms with Crippen molar-refractivity contribution in [2.45, 2.75) is 59.0 Å². The summed E-state index contributed by atoms with van der Waals surface area (Å²) in [5.74, 6) is 0. The van der Waals surface area contributed by atoms with Gasteiger partial charge in [0.2, 0.25) is 0 Å². The van der Waals surface area contributed by atoms with Gasteiger partial charge in [-0.1, -0.05) is 19.1 Å². The van der Waals surface area contributed by atoms with E-state index in [1.54, 1.807) is 13.3 Å². The maximum atomic E-state index is 12.6. The topological polar surface area (TPSA) is 19.0 Å². The zero-order valence-electron chi connectivity index (χ0n) is 17.0. The van der Waals surface area contributed by atoms with Gasteiger partial charge in [0.1, 0.15) is 5.72 Å². The van der Waals surface area contributed by atoms with Crippen LogP contribution < -0.4 is 0 Å². The van der Waals surface area contributed by atoms with E-state index >= 15 is 0 Å². The molecule has 0 N–H and O–H groups in total. The molecule has 26 heavy (non-hydrogen) atoms. The van der Waals surface area contributed by atoms with E-state index in [1.165, 1.54) is 10.5 Å². The van der Waals surface area contributed by atoms with E-state index in [2.05, 4.69) is 32.3 Å². The Morgan fingerprint density at radius 1 is 1.23 bits per heavy atom. The average Bonchev–Trinajstić information content (AvgIpc) is 2.57. The fourth-order valence-corrected chi connectivity index (χ4v) is 3.39. The van der Waals surface area contributed by atoms with Crippen molar-refractivity contribution in [3.63, 3.8) is 0 Å². The highest BCUT2D eigenvalue weighted by atomic mass is 19.4. The molecule has 0 saturated carbocycles. The number of hydrogen-bond acceptors (Lipinski definition) is 4. The van der Waals surface area contributed by atoms with E-state index in [9.17, 15) is 13.2 Å². The Morgan fingerprint density at radius 3 is 2.15 bits per heavy atom. The summed E-state index contributed by atoms with van der Waals surface area (Å²) in [6.45, 7) is 15.4. The summed E-state index contributed by atoms with van der Waals surface area (Å²) in [4.78, 5) is 5.76. The van der Waals surface area contributed by atoms with E-state index in [1.807, 2.05) is 18.7 Å². The molecule has 1 fully saturated rings. The molecule has 1 aliphatic rings. The number of methoxy groups -OCH3 is 1. The third-order valence-electron chi connectivity index (χ3n) is 5.24. The molecule has 7 heteroatoms. The van der Waals surface area contributed by atoms with Crippen LogP contribution in [0.15, 0.2) is 24.0 Å². The molecule has 1 unspecified atom stereocenters. The van der Waals surface area contributed by atoms with Crippen LogP contribution in [0, 0.1) is 0 Å². The second kappa shape index (κ2) is 9.24. The zero-order chi connectivity index (χ0) is 20.1. The predicted octanol–water partition coefficient (Wildman–Crippen LogP) is 4.07. The SMILES string of the molecule is C=CN(/C(=C(/C)CC)C(C)N1CCN(CC(F)(F)F)CC1)C(C)(C)OC. The molecule has 0 radical (unpaired) electrons. The minimum atomic E-state index is -4.14. The number of hydrogen-bond donors (Lipinski definition) is 0. The van der Waals surface area contributed by atoms with Gasteiger partial charge in [-0.2, -0.15) is 13.2 Å². The number of allylic oxidation sites excluding steroid dienone is 1. The van der Waals surface area contributed by atoms with Gasteiger partial charge in [0.25, 0.3) is 0 Å². The Hall–Kier alpha value is -1.05. The highest BCUT2D eigenvalue weighted by molar-refractivity contribution is 5.21. The minimum Gasteiger partial charge on any atom is -0.359 e. The molecule has 1 saturated heterocycles. The molecule has 1 atom stereocenters. The maximum absolute atomic E-state index is 12.6. The van der Waals surface area contributed by atoms with Crippen LogP contribution in [0.5, 0.6) is 0 Å². The summed E-state index contributed by atoms with van der Waals surface area (Å²) in [5, 5.41) is 0. The molecule has 1 aliphatic heterocycles. The second-order valence-corrected chi connectivity index (χ2v) is 7.33. The summed E-state index contributed by atoms with van der Waals surface area (Å²) < 4.78 is 43.5. The standard InChI is InChI=1S/C19H34F3N3O/c1-8-15(3)17(25(9-2)18(5,6)26-7)16(4)24-12-10-23(11-13-24)14-19(20,21)22/h9,16H,2,8,10-14H2,1,3-7H3/b17-15-. The highest BCUT2D eigenvalue weighted by Crippen LogP contribution is 2.30. The van der Waals surface area contributed by atoms with E-state index in [0.29, 0.717) is 26.2 Å². The molecular weight excluding hydrogens is 343 g/mol. The lowest BCUT2D eigenvalue weighted by atomic mass is 10.0. The first-order chi connectivity index (χ1) is 12.0. The van der Waals surface area contributed by atoms with Crippen LogP contribution >= 0.6 is 0 Å². The van der Waals surface area contributed by atoms with Crippen LogP contribution in [0.4, 0.5) is 13.2 Å². The molecule has 1 heterocycles. The molecule has 0 aromatic carbocycles. The van der Waals surface area contributed by atoms with Crippen molar-refractivity contribution in [1.29, 1.82) is 0 Å². The van der Waals surface area contributed by atoms with Crippen LogP contribution in [0.2, 0.25) is 0 Å². The molecule has 0 bridgehead atoms. The average molecular weight is 377 g/mol. The fraction of sp³-hybridized carbons (Fsp3) is 0.789. The van der Waals surface area contributed by atoms with Gasteiger partial charge in [0.15, 0.2) is 0 Å². The number of nitrogens with zero attached hydrogens (tertiary/aromatic N) is 3. The largest absolute Gasteiger partial charge is 0.401 e. The lowest BCUT2D eigenvalue weighted by Crippen LogP contribution is -2.54. The van der Waals surface area contributed by atoms with Crippen LogP contribution in [0.3, 0.4) is 0 Å². The van der Waals surface area contributed by atoms with Crippen molar-refractivity contribution in [2.24, 2.45) is 0 Å². The molecule has 1 rings (SSSR count). The van der Waals surface area contributed by atoms with E-state index < -0.39 is 18.4 Å². The van der Waals surface area contributed by atoms with Crippen molar-refractivity contribution in [2.75, 3.05) is 39.8 Å². The number of rotatable bonds is 8. The molecule has 0 aromatic rings. The molecule has 0 aliphatic carbocycles. The van der Waals surface area contributed by atoms with Gasteiger partial charge >= 0.3 is 6.18 Å². The molecule has 0 aromatic heterocycles. The lowest BCUT2D eigenvalue weighted by Gasteiger charge is -2.45. The smallest absolute Gasteiger partial charge is 0.359 e. The van der Waals surface area contributed by atoms with Gasteiger partial charge in [-0.25, -0.2) is 0 Å². The Bertz CT molecular complexity index is 495. The van der Waals surface area contributed by atoms with Crippen molar-refractivity contribution >= 4 is 0 Å². The summed E-state index contributed by atoms with van der Waals surface area (Å²) in [5.41, 5.74) is 1.78. The summed E-state index contributed by atoms with van der Waals surface area (Å²) >= 11 is 0. The third-order valence-corrected chi connectivity index (χ3v) is 5.24. The molecule has 152 valence electrons. The summed E-state index contributed by atoms with van der Waals surface area (Å²) in [6, 6.07) is 0.0652. The van der Waals surface area contributed by atoms with Gasteiger partial charge in [-0.15, -0.1) is 0 Å². The number of alkyl halides is 3. The highest BCUT2D eigenvalue weighted by Gasteiger charge is 2.35. The van der Waals surface area contributed by atoms with Crippen LogP contribution in [0.1, 0.15) is 41.0 Å². The van der Waals surface area contributed by atoms with Crippen LogP contribution in [0.25, 0.3) is 0 Å². The Labute approximate surface area is 156 Å². The van der Waals surface area contributed by atoms with E-state index in [-0.39, 0.29) is 6.04 Å². The quantitative estimate of drug-likeness (QED) is 0.594. The van der Waals surface area contributed by atoms with Crippen molar-refractivity contribution in [3.05, 3.63) is 24.0 Å². The van der Waals surface area contributed by atoms with Gasteiger partial charge in [-0.05, 0) is 40.3 Å². The monoisotopic (exact) mass is 377 g/mol. The predicted molar refractivity (Wildman–Crippen MR) is 99.6 cm³/mol. The Morgan fingerprint density at radius 2 is 1.77 bits per heavy atom. The van der Waals surface area contributed by atoms with Gasteiger partial charge in [0, 0.05) is 45.0 Å². The van der Waals surface area contributed by atoms with Gasteiger partial charge in [0.05, 0.1) is 6.54 Å². The first-order valence-corrected chi connectivity index (χ1v) is 9.16. The van der Waals surface area contributed by atoms with Gasteiger partial charge < -0.3 is 9.64 Å². The molecular formula is C19H34F3N3O. The lowest BCUT2D eigenvalue weighted by molar-refractivity contribution is -0.149. The minimum absolute atomic E-state index is 0.0652. The third kappa shape index (κ3) is 5.99. The van der Waals surface area contributed by atoms with E-state index in [4.69, 9.17) is 4.74 Å². The van der Waals surface area contributed by atoms with E-state index in [0.717, 1.165) is 12.1 Å². The second-order valence-electron chi connectivity index (χ2n) is 7.33. The van der Waals surface area contributed by atoms with Crippen molar-refractivity contribution < 1.29 is 17.9 Å². The molecule has 0 spiro atoms. The normalized spacial score (nSPS) is 19.9. The Kier molecular flexibility index (Phi) is 8.17. The maximum Gasteiger partial charge on any atom is 0.401 e. The number of piperazine rings is 1. The summed E-state index contributed by atoms with van der Waals surface area (Å²) in [6.07, 6.45) is -1.48. The molecule has 4 nitrogen and oxygen atoms in total. The van der Waals surface area contributed by atoms with Crippen LogP contribution in [-0.4, -0.2) is 72.5 Å². The molecule has 0 amide bonds. The van der Waals surface area contributed by atoms with Crippen LogP contribution in [-0.2, 0) is 4.74 Å². The van der Waals surface area contributed by atoms with Gasteiger partial charge in [-0.3, -0.25) is 9.80 Å². The summed E-state index contributed by atoms with van der Waals surface area (Å²) in [7, 11) is 1.66. The number of ether oxygens (including phenoxy) is 1. The first-order valence-electron chi connectivity index (χ1n) is 9.16. The first kappa shape index (κ1) is 23.0. The number of halogens is 3. The zero-order valence-corrected chi connectivity index (χ0v) is 17.0. The van der Waals surface area contributed by atoms with Crippen molar-refractivity contribution in [1.82, 2.24) is 14.7 Å². The van der Waals surface area contributed by atoms with Crippen molar-refractivity contribution in [3.8, 4) is 0 Å². The fourth-order valence-electron chi connectivity index (χ4n) is 3.39.